The molecule has 2 heterocycles. The molecule has 1 aromatic heterocycles. The molecule has 0 amide bonds. The Morgan fingerprint density at radius 2 is 2.50 bits per heavy atom. The normalized spacial score (nSPS) is 20.2. The van der Waals surface area contributed by atoms with E-state index in [4.69, 9.17) is 0 Å². The molecule has 86 valence electrons. The fraction of sp³-hybridized carbons (Fsp3) is 0.500. The Morgan fingerprint density at radius 3 is 3.12 bits per heavy atom. The van der Waals surface area contributed by atoms with E-state index in [1.165, 1.54) is 0 Å². The van der Waals surface area contributed by atoms with Gasteiger partial charge in [-0.3, -0.25) is 14.7 Å². The van der Waals surface area contributed by atoms with Crippen molar-refractivity contribution in [3.05, 3.63) is 30.1 Å². The average Bonchev–Trinajstić information content (AvgIpc) is 2.83. The van der Waals surface area contributed by atoms with Crippen LogP contribution in [-0.2, 0) is 0 Å². The number of pyridine rings is 1. The number of rotatable bonds is 4. The molecule has 1 N–H and O–H groups in total. The van der Waals surface area contributed by atoms with E-state index in [0.717, 1.165) is 19.5 Å². The number of nitrogens with zero attached hydrogens (tertiary/aromatic N) is 2. The molecule has 0 radical (unpaired) electrons. The maximum atomic E-state index is 11.9. The Balaban J connectivity index is 1.92. The molecule has 0 aliphatic carbocycles. The lowest BCUT2D eigenvalue weighted by molar-refractivity contribution is 0.0920. The zero-order chi connectivity index (χ0) is 11.4. The summed E-state index contributed by atoms with van der Waals surface area (Å²) < 4.78 is 0. The number of Topliss-reactive ketones (excluding diaryl/α,β-unsaturated/α-hetero) is 1. The molecule has 4 heteroatoms. The first-order valence-electron chi connectivity index (χ1n) is 5.62. The molecular weight excluding hydrogens is 202 g/mol. The molecule has 1 aromatic rings. The van der Waals surface area contributed by atoms with Crippen molar-refractivity contribution >= 4 is 5.78 Å². The summed E-state index contributed by atoms with van der Waals surface area (Å²) in [5.41, 5.74) is 0.556. The van der Waals surface area contributed by atoms with Gasteiger partial charge in [0.1, 0.15) is 5.69 Å². The lowest BCUT2D eigenvalue weighted by atomic mass is 10.2. The van der Waals surface area contributed by atoms with Crippen molar-refractivity contribution in [2.75, 3.05) is 26.7 Å². The first-order chi connectivity index (χ1) is 7.77. The minimum atomic E-state index is 0.0926. The maximum absolute atomic E-state index is 11.9. The smallest absolute Gasteiger partial charge is 0.195 e. The van der Waals surface area contributed by atoms with Gasteiger partial charge >= 0.3 is 0 Å². The Kier molecular flexibility index (Phi) is 3.64. The van der Waals surface area contributed by atoms with E-state index < -0.39 is 0 Å². The minimum Gasteiger partial charge on any atom is -0.315 e. The number of aromatic nitrogens is 1. The highest BCUT2D eigenvalue weighted by Gasteiger charge is 2.21. The Hall–Kier alpha value is -1.26. The van der Waals surface area contributed by atoms with Crippen molar-refractivity contribution < 1.29 is 4.79 Å². The van der Waals surface area contributed by atoms with E-state index in [-0.39, 0.29) is 5.78 Å². The van der Waals surface area contributed by atoms with Gasteiger partial charge < -0.3 is 5.32 Å². The second-order valence-corrected chi connectivity index (χ2v) is 4.20. The molecule has 0 spiro atoms. The first-order valence-corrected chi connectivity index (χ1v) is 5.62. The van der Waals surface area contributed by atoms with E-state index in [1.807, 2.05) is 19.2 Å². The molecule has 1 aliphatic rings. The first kappa shape index (κ1) is 11.2. The van der Waals surface area contributed by atoms with E-state index >= 15 is 0 Å². The number of ketones is 1. The lowest BCUT2D eigenvalue weighted by Gasteiger charge is -2.22. The summed E-state index contributed by atoms with van der Waals surface area (Å²) >= 11 is 0. The van der Waals surface area contributed by atoms with Crippen molar-refractivity contribution in [2.24, 2.45) is 0 Å². The topological polar surface area (TPSA) is 45.2 Å². The minimum absolute atomic E-state index is 0.0926. The second kappa shape index (κ2) is 5.18. The van der Waals surface area contributed by atoms with Crippen molar-refractivity contribution in [2.45, 2.75) is 12.5 Å². The molecule has 0 saturated carbocycles. The van der Waals surface area contributed by atoms with Crippen LogP contribution in [0.2, 0.25) is 0 Å². The van der Waals surface area contributed by atoms with E-state index in [0.29, 0.717) is 18.3 Å². The summed E-state index contributed by atoms with van der Waals surface area (Å²) in [5.74, 6) is 0.0926. The number of hydrogen-bond donors (Lipinski definition) is 1. The quantitative estimate of drug-likeness (QED) is 0.751. The number of carbonyl (C=O) groups excluding carboxylic acids is 1. The van der Waals surface area contributed by atoms with Crippen molar-refractivity contribution in [1.29, 1.82) is 0 Å². The van der Waals surface area contributed by atoms with Gasteiger partial charge in [-0.25, -0.2) is 0 Å². The standard InChI is InChI=1S/C12H17N3O/c1-15(10-5-7-13-8-10)9-12(16)11-4-2-3-6-14-11/h2-4,6,10,13H,5,7-9H2,1H3. The van der Waals surface area contributed by atoms with Gasteiger partial charge in [-0.15, -0.1) is 0 Å². The van der Waals surface area contributed by atoms with Crippen LogP contribution in [0.1, 0.15) is 16.9 Å². The van der Waals surface area contributed by atoms with E-state index in [2.05, 4.69) is 15.2 Å². The largest absolute Gasteiger partial charge is 0.315 e. The predicted molar refractivity (Wildman–Crippen MR) is 62.5 cm³/mol. The van der Waals surface area contributed by atoms with Crippen LogP contribution in [-0.4, -0.2) is 48.4 Å². The molecule has 4 nitrogen and oxygen atoms in total. The van der Waals surface area contributed by atoms with Crippen molar-refractivity contribution in [3.63, 3.8) is 0 Å². The summed E-state index contributed by atoms with van der Waals surface area (Å²) in [5, 5.41) is 3.30. The fourth-order valence-electron chi connectivity index (χ4n) is 1.98. The number of likely N-dealkylation sites (N-methyl/N-ethyl adjacent to an activating group) is 1. The van der Waals surface area contributed by atoms with Crippen LogP contribution in [0.25, 0.3) is 0 Å². The molecule has 0 bridgehead atoms. The monoisotopic (exact) mass is 219 g/mol. The third-order valence-corrected chi connectivity index (χ3v) is 3.00. The molecule has 1 aliphatic heterocycles. The van der Waals surface area contributed by atoms with Crippen LogP contribution in [0.5, 0.6) is 0 Å². The van der Waals surface area contributed by atoms with Gasteiger partial charge in [-0.2, -0.15) is 0 Å². The lowest BCUT2D eigenvalue weighted by Crippen LogP contribution is -2.37. The summed E-state index contributed by atoms with van der Waals surface area (Å²) in [4.78, 5) is 18.1. The molecule has 1 atom stereocenters. The molecule has 1 unspecified atom stereocenters. The van der Waals surface area contributed by atoms with Gasteiger partial charge in [-0.05, 0) is 32.1 Å². The highest BCUT2D eigenvalue weighted by Crippen LogP contribution is 2.07. The SMILES string of the molecule is CN(CC(=O)c1ccccn1)C1CCNC1. The van der Waals surface area contributed by atoms with Crippen LogP contribution < -0.4 is 5.32 Å². The highest BCUT2D eigenvalue weighted by atomic mass is 16.1. The number of hydrogen-bond acceptors (Lipinski definition) is 4. The summed E-state index contributed by atoms with van der Waals surface area (Å²) in [6.07, 6.45) is 2.77. The maximum Gasteiger partial charge on any atom is 0.195 e. The van der Waals surface area contributed by atoms with Gasteiger partial charge in [-0.1, -0.05) is 6.07 Å². The van der Waals surface area contributed by atoms with E-state index in [1.54, 1.807) is 12.3 Å². The Labute approximate surface area is 95.7 Å². The average molecular weight is 219 g/mol. The number of carbonyl (C=O) groups is 1. The van der Waals surface area contributed by atoms with Crippen molar-refractivity contribution in [3.8, 4) is 0 Å². The Bertz CT molecular complexity index is 347. The van der Waals surface area contributed by atoms with Gasteiger partial charge in [0.15, 0.2) is 5.78 Å². The van der Waals surface area contributed by atoms with Gasteiger partial charge in [0, 0.05) is 18.8 Å². The molecule has 16 heavy (non-hydrogen) atoms. The molecular formula is C12H17N3O. The fourth-order valence-corrected chi connectivity index (χ4v) is 1.98. The van der Waals surface area contributed by atoms with Crippen LogP contribution in [0.15, 0.2) is 24.4 Å². The third kappa shape index (κ3) is 2.65. The molecule has 1 saturated heterocycles. The molecule has 2 rings (SSSR count). The highest BCUT2D eigenvalue weighted by molar-refractivity contribution is 5.95. The van der Waals surface area contributed by atoms with Gasteiger partial charge in [0.05, 0.1) is 6.54 Å². The zero-order valence-electron chi connectivity index (χ0n) is 9.52. The van der Waals surface area contributed by atoms with Crippen LogP contribution in [0, 0.1) is 0 Å². The number of nitrogens with one attached hydrogen (secondary N) is 1. The summed E-state index contributed by atoms with van der Waals surface area (Å²) in [7, 11) is 2.00. The molecule has 0 aromatic carbocycles. The zero-order valence-corrected chi connectivity index (χ0v) is 9.52. The van der Waals surface area contributed by atoms with Crippen LogP contribution in [0.3, 0.4) is 0 Å². The third-order valence-electron chi connectivity index (χ3n) is 3.00. The molecule has 1 fully saturated rings. The summed E-state index contributed by atoms with van der Waals surface area (Å²) in [6, 6.07) is 5.91. The van der Waals surface area contributed by atoms with Crippen LogP contribution in [0.4, 0.5) is 0 Å². The Morgan fingerprint density at radius 1 is 1.62 bits per heavy atom. The van der Waals surface area contributed by atoms with Gasteiger partial charge in [0.25, 0.3) is 0 Å². The summed E-state index contributed by atoms with van der Waals surface area (Å²) in [6.45, 7) is 2.47. The second-order valence-electron chi connectivity index (χ2n) is 4.20. The van der Waals surface area contributed by atoms with Crippen molar-refractivity contribution in [1.82, 2.24) is 15.2 Å². The predicted octanol–water partition coefficient (Wildman–Crippen LogP) is 0.558. The van der Waals surface area contributed by atoms with Gasteiger partial charge in [0.2, 0.25) is 0 Å². The van der Waals surface area contributed by atoms with E-state index in [9.17, 15) is 4.79 Å². The van der Waals surface area contributed by atoms with Crippen LogP contribution >= 0.6 is 0 Å².